The van der Waals surface area contributed by atoms with E-state index in [1.807, 2.05) is 0 Å². The van der Waals surface area contributed by atoms with Crippen molar-refractivity contribution < 1.29 is 14.4 Å². The van der Waals surface area contributed by atoms with Gasteiger partial charge in [-0.2, -0.15) is 0 Å². The van der Waals surface area contributed by atoms with Gasteiger partial charge in [-0.25, -0.2) is 4.39 Å². The maximum absolute atomic E-state index is 13.1. The Bertz CT molecular complexity index is 655. The predicted molar refractivity (Wildman–Crippen MR) is 70.8 cm³/mol. The summed E-state index contributed by atoms with van der Waals surface area (Å²) < 4.78 is 14.6. The first-order valence-electron chi connectivity index (χ1n) is 5.80. The van der Waals surface area contributed by atoms with Crippen molar-refractivity contribution in [1.29, 1.82) is 0 Å². The molecule has 19 heavy (non-hydrogen) atoms. The number of pyridine rings is 1. The number of nitrogens with zero attached hydrogens (tertiary/aromatic N) is 1. The highest BCUT2D eigenvalue weighted by Crippen LogP contribution is 2.05. The van der Waals surface area contributed by atoms with E-state index < -0.39 is 12.9 Å². The lowest BCUT2D eigenvalue weighted by molar-refractivity contribution is 0.424. The lowest BCUT2D eigenvalue weighted by Gasteiger charge is -2.13. The minimum atomic E-state index is -1.77. The number of benzene rings is 1. The van der Waals surface area contributed by atoms with Crippen molar-refractivity contribution in [3.05, 3.63) is 63.8 Å². The van der Waals surface area contributed by atoms with Crippen LogP contribution in [0.4, 0.5) is 4.39 Å². The first-order valence-corrected chi connectivity index (χ1v) is 5.80. The second kappa shape index (κ2) is 5.38. The van der Waals surface area contributed by atoms with Crippen molar-refractivity contribution >= 4 is 12.6 Å². The van der Waals surface area contributed by atoms with Gasteiger partial charge in [-0.3, -0.25) is 4.79 Å². The Hall–Kier alpha value is -1.92. The molecule has 0 atom stereocenters. The van der Waals surface area contributed by atoms with Crippen molar-refractivity contribution in [2.45, 2.75) is 13.5 Å². The third-order valence-corrected chi connectivity index (χ3v) is 2.98. The van der Waals surface area contributed by atoms with Crippen molar-refractivity contribution in [3.8, 4) is 0 Å². The van der Waals surface area contributed by atoms with E-state index in [-0.39, 0.29) is 17.6 Å². The summed E-state index contributed by atoms with van der Waals surface area (Å²) in [5.74, 6) is -0.552. The molecule has 0 saturated carbocycles. The third kappa shape index (κ3) is 2.92. The van der Waals surface area contributed by atoms with E-state index >= 15 is 0 Å². The Morgan fingerprint density at radius 2 is 2.00 bits per heavy atom. The van der Waals surface area contributed by atoms with Gasteiger partial charge in [0.05, 0.1) is 6.54 Å². The Balaban J connectivity index is 2.47. The molecule has 0 spiro atoms. The fourth-order valence-corrected chi connectivity index (χ4v) is 1.95. The summed E-state index contributed by atoms with van der Waals surface area (Å²) in [4.78, 5) is 11.8. The highest BCUT2D eigenvalue weighted by Gasteiger charge is 2.17. The second-order valence-electron chi connectivity index (χ2n) is 4.31. The minimum absolute atomic E-state index is 0.0650. The molecule has 4 nitrogen and oxygen atoms in total. The van der Waals surface area contributed by atoms with Crippen molar-refractivity contribution in [3.63, 3.8) is 0 Å². The molecule has 0 aliphatic rings. The predicted octanol–water partition coefficient (Wildman–Crippen LogP) is 0.0239. The highest BCUT2D eigenvalue weighted by molar-refractivity contribution is 6.59. The molecule has 6 heteroatoms. The number of aryl methyl sites for hydroxylation is 1. The van der Waals surface area contributed by atoms with Crippen LogP contribution in [-0.4, -0.2) is 21.7 Å². The van der Waals surface area contributed by atoms with Gasteiger partial charge in [0.1, 0.15) is 5.82 Å². The van der Waals surface area contributed by atoms with Gasteiger partial charge >= 0.3 is 7.12 Å². The van der Waals surface area contributed by atoms with Crippen molar-refractivity contribution in [2.24, 2.45) is 0 Å². The molecule has 0 saturated heterocycles. The summed E-state index contributed by atoms with van der Waals surface area (Å²) in [5.41, 5.74) is 1.11. The van der Waals surface area contributed by atoms with E-state index in [0.29, 0.717) is 5.56 Å². The van der Waals surface area contributed by atoms with E-state index in [9.17, 15) is 19.2 Å². The van der Waals surface area contributed by atoms with E-state index in [1.165, 1.54) is 22.8 Å². The molecule has 1 heterocycles. The van der Waals surface area contributed by atoms with Gasteiger partial charge in [0.2, 0.25) is 0 Å². The summed E-state index contributed by atoms with van der Waals surface area (Å²) >= 11 is 0. The molecule has 0 bridgehead atoms. The van der Waals surface area contributed by atoms with Gasteiger partial charge in [0.25, 0.3) is 5.56 Å². The fraction of sp³-hybridized carbons (Fsp3) is 0.154. The smallest absolute Gasteiger partial charge is 0.423 e. The van der Waals surface area contributed by atoms with Crippen molar-refractivity contribution in [2.75, 3.05) is 0 Å². The summed E-state index contributed by atoms with van der Waals surface area (Å²) in [6, 6.07) is 8.59. The van der Waals surface area contributed by atoms with Crippen molar-refractivity contribution in [1.82, 2.24) is 4.57 Å². The van der Waals surface area contributed by atoms with Crippen LogP contribution in [0.15, 0.2) is 41.2 Å². The Kier molecular flexibility index (Phi) is 3.83. The summed E-state index contributed by atoms with van der Waals surface area (Å²) in [6.45, 7) is 1.94. The normalized spacial score (nSPS) is 10.5. The zero-order chi connectivity index (χ0) is 14.0. The van der Waals surface area contributed by atoms with E-state index in [2.05, 4.69) is 0 Å². The fourth-order valence-electron chi connectivity index (χ4n) is 1.95. The molecule has 0 radical (unpaired) electrons. The molecule has 2 rings (SSSR count). The molecule has 1 aromatic carbocycles. The largest absolute Gasteiger partial charge is 0.488 e. The number of hydrogen-bond donors (Lipinski definition) is 2. The molecule has 1 aromatic heterocycles. The van der Waals surface area contributed by atoms with Crippen LogP contribution < -0.4 is 11.0 Å². The number of aromatic nitrogens is 1. The summed E-state index contributed by atoms with van der Waals surface area (Å²) in [5, 5.41) is 18.5. The Morgan fingerprint density at radius 1 is 1.26 bits per heavy atom. The zero-order valence-electron chi connectivity index (χ0n) is 10.4. The molecule has 0 amide bonds. The van der Waals surface area contributed by atoms with E-state index in [4.69, 9.17) is 0 Å². The lowest BCUT2D eigenvalue weighted by atomic mass is 9.77. The van der Waals surface area contributed by atoms with Crippen LogP contribution in [0.2, 0.25) is 0 Å². The SMILES string of the molecule is Cc1cccc(=O)n1Cc1ccc(F)cc1B(O)O. The highest BCUT2D eigenvalue weighted by atomic mass is 19.1. The first kappa shape index (κ1) is 13.5. The van der Waals surface area contributed by atoms with Gasteiger partial charge in [-0.05, 0) is 36.1 Å². The van der Waals surface area contributed by atoms with Gasteiger partial charge in [0, 0.05) is 11.8 Å². The van der Waals surface area contributed by atoms with Gasteiger partial charge < -0.3 is 14.6 Å². The standard InChI is InChI=1S/C13H13BFNO3/c1-9-3-2-4-13(17)16(9)8-10-5-6-11(15)7-12(10)14(18)19/h2-7,18-19H,8H2,1H3. The third-order valence-electron chi connectivity index (χ3n) is 2.98. The maximum atomic E-state index is 13.1. The van der Waals surface area contributed by atoms with Crippen LogP contribution in [0.5, 0.6) is 0 Å². The van der Waals surface area contributed by atoms with Gasteiger partial charge in [-0.1, -0.05) is 12.1 Å². The molecule has 0 unspecified atom stereocenters. The molecule has 0 aliphatic carbocycles. The maximum Gasteiger partial charge on any atom is 0.488 e. The molecule has 0 fully saturated rings. The lowest BCUT2D eigenvalue weighted by Crippen LogP contribution is -2.35. The monoisotopic (exact) mass is 261 g/mol. The van der Waals surface area contributed by atoms with Crippen LogP contribution in [-0.2, 0) is 6.54 Å². The van der Waals surface area contributed by atoms with Gasteiger partial charge in [0.15, 0.2) is 0 Å². The van der Waals surface area contributed by atoms with Crippen LogP contribution in [0.3, 0.4) is 0 Å². The average Bonchev–Trinajstić information content (AvgIpc) is 2.35. The summed E-state index contributed by atoms with van der Waals surface area (Å²) in [6.07, 6.45) is 0. The van der Waals surface area contributed by atoms with Gasteiger partial charge in [-0.15, -0.1) is 0 Å². The number of hydrogen-bond acceptors (Lipinski definition) is 3. The van der Waals surface area contributed by atoms with Crippen LogP contribution in [0.1, 0.15) is 11.3 Å². The van der Waals surface area contributed by atoms with Crippen LogP contribution in [0, 0.1) is 12.7 Å². The summed E-state index contributed by atoms with van der Waals surface area (Å²) in [7, 11) is -1.77. The minimum Gasteiger partial charge on any atom is -0.423 e. The molecular formula is C13H13BFNO3. The molecule has 0 aliphatic heterocycles. The Morgan fingerprint density at radius 3 is 2.63 bits per heavy atom. The van der Waals surface area contributed by atoms with Crippen LogP contribution >= 0.6 is 0 Å². The zero-order valence-corrected chi connectivity index (χ0v) is 10.4. The number of halogens is 1. The van der Waals surface area contributed by atoms with E-state index in [1.54, 1.807) is 19.1 Å². The topological polar surface area (TPSA) is 62.5 Å². The average molecular weight is 261 g/mol. The molecule has 98 valence electrons. The molecule has 2 N–H and O–H groups in total. The van der Waals surface area contributed by atoms with Crippen LogP contribution in [0.25, 0.3) is 0 Å². The molecule has 2 aromatic rings. The Labute approximate surface area is 109 Å². The number of rotatable bonds is 3. The molecular weight excluding hydrogens is 248 g/mol. The second-order valence-corrected chi connectivity index (χ2v) is 4.31. The van der Waals surface area contributed by atoms with E-state index in [0.717, 1.165) is 11.8 Å². The quantitative estimate of drug-likeness (QED) is 0.766. The first-order chi connectivity index (χ1) is 8.99.